The summed E-state index contributed by atoms with van der Waals surface area (Å²) in [6.07, 6.45) is 0. The highest BCUT2D eigenvalue weighted by Gasteiger charge is 2.28. The molecule has 4 aromatic carbocycles. The molecule has 0 heterocycles. The van der Waals surface area contributed by atoms with Crippen molar-refractivity contribution in [2.45, 2.75) is 11.8 Å². The number of halogens is 1. The van der Waals surface area contributed by atoms with Gasteiger partial charge in [0.1, 0.15) is 6.54 Å². The third-order valence-electron chi connectivity index (χ3n) is 5.11. The van der Waals surface area contributed by atoms with Gasteiger partial charge in [-0.3, -0.25) is 9.10 Å². The summed E-state index contributed by atoms with van der Waals surface area (Å²) in [6, 6.07) is 26.3. The lowest BCUT2D eigenvalue weighted by molar-refractivity contribution is -0.114. The number of carbonyl (C=O) groups excluding carboxylic acids is 1. The SMILES string of the molecule is Cc1ccccc1N(CC(=O)Nc1ccc2ccccc2c1)S(=O)(=O)c1ccc(Cl)cc1. The number of rotatable bonds is 6. The number of para-hydroxylation sites is 1. The average Bonchev–Trinajstić information content (AvgIpc) is 2.78. The van der Waals surface area contributed by atoms with Crippen LogP contribution in [-0.4, -0.2) is 20.9 Å². The van der Waals surface area contributed by atoms with Crippen LogP contribution in [-0.2, 0) is 14.8 Å². The number of hydrogen-bond donors (Lipinski definition) is 1. The Labute approximate surface area is 192 Å². The minimum atomic E-state index is -4.00. The zero-order valence-corrected chi connectivity index (χ0v) is 18.9. The fourth-order valence-electron chi connectivity index (χ4n) is 3.47. The number of sulfonamides is 1. The predicted octanol–water partition coefficient (Wildman–Crippen LogP) is 5.64. The summed E-state index contributed by atoms with van der Waals surface area (Å²) in [5.41, 5.74) is 1.78. The first-order valence-corrected chi connectivity index (χ1v) is 11.8. The molecule has 0 aliphatic rings. The fraction of sp³-hybridized carbons (Fsp3) is 0.0800. The Balaban J connectivity index is 1.66. The molecule has 0 bridgehead atoms. The molecule has 0 fully saturated rings. The smallest absolute Gasteiger partial charge is 0.264 e. The lowest BCUT2D eigenvalue weighted by atomic mass is 10.1. The van der Waals surface area contributed by atoms with Crippen molar-refractivity contribution in [2.75, 3.05) is 16.2 Å². The number of anilines is 2. The third-order valence-corrected chi connectivity index (χ3v) is 7.13. The maximum atomic E-state index is 13.5. The zero-order valence-electron chi connectivity index (χ0n) is 17.3. The number of carbonyl (C=O) groups is 1. The molecule has 0 saturated carbocycles. The van der Waals surface area contributed by atoms with Crippen LogP contribution >= 0.6 is 11.6 Å². The summed E-state index contributed by atoms with van der Waals surface area (Å²) in [7, 11) is -4.00. The minimum absolute atomic E-state index is 0.0589. The molecule has 0 aliphatic heterocycles. The summed E-state index contributed by atoms with van der Waals surface area (Å²) in [5.74, 6) is -0.443. The van der Waals surface area contributed by atoms with E-state index in [-0.39, 0.29) is 11.4 Å². The Morgan fingerprint density at radius 3 is 2.25 bits per heavy atom. The molecule has 5 nitrogen and oxygen atoms in total. The standard InChI is InChI=1S/C25H21ClN2O3S/c1-18-6-2-5-9-24(18)28(32(30,31)23-14-11-21(26)12-15-23)17-25(29)27-22-13-10-19-7-3-4-8-20(19)16-22/h2-16H,17H2,1H3,(H,27,29). The Hall–Kier alpha value is -3.35. The summed E-state index contributed by atoms with van der Waals surface area (Å²) in [6.45, 7) is 1.43. The van der Waals surface area contributed by atoms with Gasteiger partial charge in [-0.15, -0.1) is 0 Å². The Morgan fingerprint density at radius 1 is 0.875 bits per heavy atom. The predicted molar refractivity (Wildman–Crippen MR) is 130 cm³/mol. The fourth-order valence-corrected chi connectivity index (χ4v) is 5.09. The molecule has 4 rings (SSSR count). The van der Waals surface area contributed by atoms with Crippen LogP contribution in [0.15, 0.2) is 95.9 Å². The van der Waals surface area contributed by atoms with Crippen molar-refractivity contribution >= 4 is 49.7 Å². The number of fused-ring (bicyclic) bond motifs is 1. The lowest BCUT2D eigenvalue weighted by Crippen LogP contribution is -2.38. The number of aryl methyl sites for hydroxylation is 1. The van der Waals surface area contributed by atoms with E-state index in [1.807, 2.05) is 42.5 Å². The summed E-state index contributed by atoms with van der Waals surface area (Å²) in [4.78, 5) is 13.0. The van der Waals surface area contributed by atoms with Gasteiger partial charge in [0.2, 0.25) is 5.91 Å². The molecule has 162 valence electrons. The van der Waals surface area contributed by atoms with Crippen LogP contribution in [0.5, 0.6) is 0 Å². The highest BCUT2D eigenvalue weighted by molar-refractivity contribution is 7.92. The Morgan fingerprint density at radius 2 is 1.53 bits per heavy atom. The molecule has 0 atom stereocenters. The molecule has 0 radical (unpaired) electrons. The van der Waals surface area contributed by atoms with Crippen molar-refractivity contribution in [1.82, 2.24) is 0 Å². The molecule has 7 heteroatoms. The van der Waals surface area contributed by atoms with E-state index in [0.717, 1.165) is 20.6 Å². The quantitative estimate of drug-likeness (QED) is 0.401. The van der Waals surface area contributed by atoms with Crippen LogP contribution in [0.2, 0.25) is 5.02 Å². The molecule has 0 aliphatic carbocycles. The van der Waals surface area contributed by atoms with Crippen molar-refractivity contribution in [2.24, 2.45) is 0 Å². The first kappa shape index (κ1) is 21.9. The van der Waals surface area contributed by atoms with E-state index in [2.05, 4.69) is 5.32 Å². The van der Waals surface area contributed by atoms with E-state index in [9.17, 15) is 13.2 Å². The van der Waals surface area contributed by atoms with E-state index in [1.54, 1.807) is 31.2 Å². The van der Waals surface area contributed by atoms with Gasteiger partial charge in [-0.2, -0.15) is 0 Å². The zero-order chi connectivity index (χ0) is 22.7. The maximum absolute atomic E-state index is 13.5. The van der Waals surface area contributed by atoms with Crippen LogP contribution in [0.1, 0.15) is 5.56 Å². The van der Waals surface area contributed by atoms with E-state index in [1.165, 1.54) is 24.3 Å². The van der Waals surface area contributed by atoms with Gasteiger partial charge in [-0.1, -0.05) is 60.1 Å². The van der Waals surface area contributed by atoms with Crippen LogP contribution in [0, 0.1) is 6.92 Å². The first-order chi connectivity index (χ1) is 15.3. The van der Waals surface area contributed by atoms with Gasteiger partial charge >= 0.3 is 0 Å². The highest BCUT2D eigenvalue weighted by Crippen LogP contribution is 2.27. The number of nitrogens with zero attached hydrogens (tertiary/aromatic N) is 1. The third kappa shape index (κ3) is 4.61. The van der Waals surface area contributed by atoms with E-state index in [0.29, 0.717) is 16.4 Å². The van der Waals surface area contributed by atoms with Crippen molar-refractivity contribution in [3.05, 3.63) is 102 Å². The highest BCUT2D eigenvalue weighted by atomic mass is 35.5. The Bertz CT molecular complexity index is 1390. The van der Waals surface area contributed by atoms with E-state index >= 15 is 0 Å². The van der Waals surface area contributed by atoms with Gasteiger partial charge < -0.3 is 5.32 Å². The molecule has 1 N–H and O–H groups in total. The van der Waals surface area contributed by atoms with Gasteiger partial charge in [0.25, 0.3) is 10.0 Å². The molecule has 32 heavy (non-hydrogen) atoms. The Kier molecular flexibility index (Phi) is 6.17. The number of amides is 1. The molecule has 0 unspecified atom stereocenters. The average molecular weight is 465 g/mol. The van der Waals surface area contributed by atoms with Crippen molar-refractivity contribution in [3.63, 3.8) is 0 Å². The molecular weight excluding hydrogens is 444 g/mol. The van der Waals surface area contributed by atoms with Gasteiger partial charge in [0, 0.05) is 10.7 Å². The second-order valence-electron chi connectivity index (χ2n) is 7.36. The van der Waals surface area contributed by atoms with Crippen LogP contribution in [0.25, 0.3) is 10.8 Å². The van der Waals surface area contributed by atoms with Crippen molar-refractivity contribution in [1.29, 1.82) is 0 Å². The van der Waals surface area contributed by atoms with Crippen molar-refractivity contribution < 1.29 is 13.2 Å². The first-order valence-electron chi connectivity index (χ1n) is 9.97. The summed E-state index contributed by atoms with van der Waals surface area (Å²) >= 11 is 5.93. The molecule has 0 saturated heterocycles. The molecule has 0 aromatic heterocycles. The van der Waals surface area contributed by atoms with Crippen LogP contribution in [0.4, 0.5) is 11.4 Å². The summed E-state index contributed by atoms with van der Waals surface area (Å²) in [5, 5.41) is 5.29. The van der Waals surface area contributed by atoms with Gasteiger partial charge in [-0.25, -0.2) is 8.42 Å². The van der Waals surface area contributed by atoms with Gasteiger partial charge in [-0.05, 0) is 65.7 Å². The van der Waals surface area contributed by atoms with Gasteiger partial charge in [0.05, 0.1) is 10.6 Å². The second kappa shape index (κ2) is 9.02. The molecule has 0 spiro atoms. The van der Waals surface area contributed by atoms with Gasteiger partial charge in [0.15, 0.2) is 0 Å². The number of hydrogen-bond acceptors (Lipinski definition) is 3. The van der Waals surface area contributed by atoms with E-state index in [4.69, 9.17) is 11.6 Å². The maximum Gasteiger partial charge on any atom is 0.264 e. The molecular formula is C25H21ClN2O3S. The monoisotopic (exact) mass is 464 g/mol. The van der Waals surface area contributed by atoms with Crippen molar-refractivity contribution in [3.8, 4) is 0 Å². The number of benzene rings is 4. The molecule has 1 amide bonds. The molecule has 4 aromatic rings. The largest absolute Gasteiger partial charge is 0.324 e. The number of nitrogens with one attached hydrogen (secondary N) is 1. The lowest BCUT2D eigenvalue weighted by Gasteiger charge is -2.25. The van der Waals surface area contributed by atoms with E-state index < -0.39 is 15.9 Å². The van der Waals surface area contributed by atoms with Crippen LogP contribution in [0.3, 0.4) is 0 Å². The second-order valence-corrected chi connectivity index (χ2v) is 9.66. The topological polar surface area (TPSA) is 66.5 Å². The van der Waals surface area contributed by atoms with Crippen LogP contribution < -0.4 is 9.62 Å². The minimum Gasteiger partial charge on any atom is -0.324 e. The summed E-state index contributed by atoms with van der Waals surface area (Å²) < 4.78 is 28.1. The normalized spacial score (nSPS) is 11.3.